The number of amides is 1. The van der Waals surface area contributed by atoms with E-state index in [1.165, 1.54) is 0 Å². The van der Waals surface area contributed by atoms with Gasteiger partial charge >= 0.3 is 0 Å². The number of fused-ring (bicyclic) bond motifs is 1. The maximum absolute atomic E-state index is 12.2. The van der Waals surface area contributed by atoms with E-state index in [4.69, 9.17) is 15.9 Å². The fourth-order valence-corrected chi connectivity index (χ4v) is 5.47. The molecule has 0 saturated carbocycles. The van der Waals surface area contributed by atoms with Crippen molar-refractivity contribution in [3.63, 3.8) is 0 Å². The highest BCUT2D eigenvalue weighted by Crippen LogP contribution is 2.36. The number of hydrogen-bond donors (Lipinski definition) is 5. The highest BCUT2D eigenvalue weighted by Gasteiger charge is 2.25. The van der Waals surface area contributed by atoms with Gasteiger partial charge in [-0.05, 0) is 49.1 Å². The first-order valence-electron chi connectivity index (χ1n) is 11.8. The first kappa shape index (κ1) is 24.7. The van der Waals surface area contributed by atoms with Crippen molar-refractivity contribution in [2.75, 3.05) is 38.6 Å². The Morgan fingerprint density at radius 2 is 1.91 bits per heavy atom. The molecule has 1 aliphatic rings. The van der Waals surface area contributed by atoms with Gasteiger partial charge in [0.25, 0.3) is 5.91 Å². The number of H-pyrrole nitrogens is 1. The number of hydrogen-bond acceptors (Lipinski definition) is 7. The van der Waals surface area contributed by atoms with Gasteiger partial charge in [0.2, 0.25) is 0 Å². The number of rotatable bonds is 11. The molecule has 0 bridgehead atoms. The van der Waals surface area contributed by atoms with Crippen LogP contribution in [0, 0.1) is 0 Å². The van der Waals surface area contributed by atoms with Crippen molar-refractivity contribution in [3.8, 4) is 11.1 Å². The van der Waals surface area contributed by atoms with E-state index in [-0.39, 0.29) is 19.3 Å². The lowest BCUT2D eigenvalue weighted by atomic mass is 9.90. The highest BCUT2D eigenvalue weighted by molar-refractivity contribution is 7.97. The number of nitrogens with one attached hydrogen (secondary N) is 2. The normalized spacial score (nSPS) is 15.4. The van der Waals surface area contributed by atoms with E-state index in [1.807, 2.05) is 48.3 Å². The van der Waals surface area contributed by atoms with Crippen LogP contribution in [-0.4, -0.2) is 75.3 Å². The van der Waals surface area contributed by atoms with Crippen LogP contribution >= 0.6 is 11.9 Å². The lowest BCUT2D eigenvalue weighted by molar-refractivity contribution is 0.100. The molecule has 0 spiro atoms. The zero-order chi connectivity index (χ0) is 23.9. The largest absolute Gasteiger partial charge is 0.395 e. The second-order valence-electron chi connectivity index (χ2n) is 8.69. The highest BCUT2D eigenvalue weighted by atomic mass is 32.2. The summed E-state index contributed by atoms with van der Waals surface area (Å²) in [6.45, 7) is 2.65. The Kier molecular flexibility index (Phi) is 8.58. The van der Waals surface area contributed by atoms with Gasteiger partial charge in [0, 0.05) is 35.8 Å². The first-order chi connectivity index (χ1) is 16.6. The van der Waals surface area contributed by atoms with Crippen molar-refractivity contribution in [1.82, 2.24) is 19.8 Å². The molecule has 34 heavy (non-hydrogen) atoms. The second kappa shape index (κ2) is 11.8. The van der Waals surface area contributed by atoms with Crippen molar-refractivity contribution >= 4 is 28.8 Å². The first-order valence-corrected chi connectivity index (χ1v) is 12.7. The molecule has 1 saturated heterocycles. The molecule has 2 heterocycles. The summed E-state index contributed by atoms with van der Waals surface area (Å²) in [6.07, 6.45) is 3.01. The molecule has 182 valence electrons. The minimum atomic E-state index is -0.467. The zero-order valence-corrected chi connectivity index (χ0v) is 20.1. The van der Waals surface area contributed by atoms with Gasteiger partial charge in [-0.15, -0.1) is 0 Å². The van der Waals surface area contributed by atoms with Crippen molar-refractivity contribution in [2.45, 2.75) is 31.2 Å². The van der Waals surface area contributed by atoms with Gasteiger partial charge in [-0.3, -0.25) is 14.2 Å². The van der Waals surface area contributed by atoms with Crippen molar-refractivity contribution < 1.29 is 15.0 Å². The molecule has 8 nitrogen and oxygen atoms in total. The summed E-state index contributed by atoms with van der Waals surface area (Å²) in [5, 5.41) is 30.0. The monoisotopic (exact) mass is 483 g/mol. The predicted octanol–water partition coefficient (Wildman–Crippen LogP) is 2.49. The van der Waals surface area contributed by atoms with Crippen LogP contribution in [0.5, 0.6) is 0 Å². The second-order valence-corrected chi connectivity index (χ2v) is 9.88. The Morgan fingerprint density at radius 1 is 1.18 bits per heavy atom. The van der Waals surface area contributed by atoms with Crippen LogP contribution in [0.3, 0.4) is 0 Å². The van der Waals surface area contributed by atoms with Crippen molar-refractivity contribution in [1.29, 1.82) is 0 Å². The summed E-state index contributed by atoms with van der Waals surface area (Å²) in [6, 6.07) is 13.7. The molecule has 3 aromatic rings. The summed E-state index contributed by atoms with van der Waals surface area (Å²) in [5.41, 5.74) is 9.90. The van der Waals surface area contributed by atoms with E-state index < -0.39 is 5.91 Å². The number of nitrogens with two attached hydrogens (primary N) is 1. The van der Waals surface area contributed by atoms with E-state index in [2.05, 4.69) is 25.9 Å². The molecule has 1 aromatic heterocycles. The van der Waals surface area contributed by atoms with Gasteiger partial charge in [0.15, 0.2) is 0 Å². The molecule has 9 heteroatoms. The van der Waals surface area contributed by atoms with Gasteiger partial charge in [0.05, 0.1) is 24.8 Å². The third-order valence-corrected chi connectivity index (χ3v) is 7.59. The Hall–Kier alpha value is -2.43. The van der Waals surface area contributed by atoms with Gasteiger partial charge in [0.1, 0.15) is 5.52 Å². The summed E-state index contributed by atoms with van der Waals surface area (Å²) >= 11 is 1.85. The van der Waals surface area contributed by atoms with Crippen LogP contribution in [0.15, 0.2) is 42.5 Å². The molecule has 0 atom stereocenters. The third kappa shape index (κ3) is 5.79. The molecule has 1 amide bonds. The molecule has 1 fully saturated rings. The summed E-state index contributed by atoms with van der Waals surface area (Å²) in [7, 11) is 0. The number of carbonyl (C=O) groups is 1. The van der Waals surface area contributed by atoms with E-state index in [1.54, 1.807) is 0 Å². The molecule has 6 N–H and O–H groups in total. The molecule has 0 radical (unpaired) electrons. The molecule has 2 aromatic carbocycles. The maximum atomic E-state index is 12.2. The van der Waals surface area contributed by atoms with Gasteiger partial charge < -0.3 is 21.3 Å². The summed E-state index contributed by atoms with van der Waals surface area (Å²) in [5.74, 6) is 0.882. The van der Waals surface area contributed by atoms with Gasteiger partial charge in [-0.25, -0.2) is 0 Å². The van der Waals surface area contributed by atoms with Crippen LogP contribution in [0.25, 0.3) is 22.0 Å². The number of aromatic nitrogens is 2. The van der Waals surface area contributed by atoms with Crippen LogP contribution in [0.1, 0.15) is 41.2 Å². The Bertz CT molecular complexity index is 1080. The summed E-state index contributed by atoms with van der Waals surface area (Å²) in [4.78, 5) is 12.2. The van der Waals surface area contributed by atoms with Crippen LogP contribution in [-0.2, 0) is 0 Å². The molecule has 0 unspecified atom stereocenters. The molecule has 1 aliphatic heterocycles. The topological polar surface area (TPSA) is 128 Å². The number of benzene rings is 2. The predicted molar refractivity (Wildman–Crippen MR) is 137 cm³/mol. The van der Waals surface area contributed by atoms with Gasteiger partial charge in [-0.2, -0.15) is 5.10 Å². The zero-order valence-electron chi connectivity index (χ0n) is 19.2. The van der Waals surface area contributed by atoms with Crippen LogP contribution < -0.4 is 11.1 Å². The van der Waals surface area contributed by atoms with Crippen molar-refractivity contribution in [3.05, 3.63) is 53.7 Å². The van der Waals surface area contributed by atoms with E-state index in [9.17, 15) is 4.79 Å². The number of primary amides is 1. The number of aliphatic hydroxyl groups is 2. The van der Waals surface area contributed by atoms with E-state index in [0.717, 1.165) is 66.9 Å². The SMILES string of the molecule is NC(=O)c1cc(-c2ccccc2)cc2c(C3CCN(SCCCNC(CO)CO)CC3)[nH]nc12. The maximum Gasteiger partial charge on any atom is 0.251 e. The Morgan fingerprint density at radius 3 is 2.59 bits per heavy atom. The Balaban J connectivity index is 1.40. The average Bonchev–Trinajstić information content (AvgIpc) is 3.30. The lowest BCUT2D eigenvalue weighted by Gasteiger charge is -2.30. The number of piperidine rings is 1. The molecular formula is C25H33N5O3S. The molecular weight excluding hydrogens is 450 g/mol. The van der Waals surface area contributed by atoms with Crippen LogP contribution in [0.2, 0.25) is 0 Å². The van der Waals surface area contributed by atoms with Gasteiger partial charge in [-0.1, -0.05) is 42.3 Å². The number of aromatic amines is 1. The standard InChI is InChI=1S/C25H33N5O3S/c26-25(33)22-14-19(17-5-2-1-3-6-17)13-21-23(28-29-24(21)22)18-7-10-30(11-8-18)34-12-4-9-27-20(15-31)16-32/h1-3,5-6,13-14,18,20,27,31-32H,4,7-12,15-16H2,(H2,26,33)(H,28,29). The average molecular weight is 484 g/mol. The molecule has 4 rings (SSSR count). The number of nitrogens with zero attached hydrogens (tertiary/aromatic N) is 2. The fraction of sp³-hybridized carbons (Fsp3) is 0.440. The smallest absolute Gasteiger partial charge is 0.251 e. The minimum Gasteiger partial charge on any atom is -0.395 e. The number of aliphatic hydroxyl groups excluding tert-OH is 2. The van der Waals surface area contributed by atoms with Crippen molar-refractivity contribution in [2.24, 2.45) is 5.73 Å². The summed E-state index contributed by atoms with van der Waals surface area (Å²) < 4.78 is 2.41. The lowest BCUT2D eigenvalue weighted by Crippen LogP contribution is -2.36. The third-order valence-electron chi connectivity index (χ3n) is 6.39. The minimum absolute atomic E-state index is 0.0484. The van der Waals surface area contributed by atoms with E-state index in [0.29, 0.717) is 17.0 Å². The fourth-order valence-electron chi connectivity index (χ4n) is 4.47. The van der Waals surface area contributed by atoms with Crippen LogP contribution in [0.4, 0.5) is 0 Å². The molecule has 0 aliphatic carbocycles. The quantitative estimate of drug-likeness (QED) is 0.209. The van der Waals surface area contributed by atoms with E-state index >= 15 is 0 Å². The number of carbonyl (C=O) groups excluding carboxylic acids is 1. The Labute approximate surface area is 204 Å².